The lowest BCUT2D eigenvalue weighted by molar-refractivity contribution is 0.0535. The Labute approximate surface area is 106 Å². The average molecular weight is 252 g/mol. The molecule has 1 aromatic heterocycles. The Kier molecular flexibility index (Phi) is 3.86. The van der Waals surface area contributed by atoms with E-state index in [0.717, 1.165) is 26.1 Å². The van der Waals surface area contributed by atoms with Gasteiger partial charge in [-0.15, -0.1) is 0 Å². The van der Waals surface area contributed by atoms with Crippen molar-refractivity contribution in [1.82, 2.24) is 15.1 Å². The standard InChI is InChI=1S/C12H20N4O2/c1-8-10(13)11(16(2)15-8)12(17)14-6-9-4-3-5-18-7-9/h9H,3-7,13H2,1-2H3,(H,14,17). The second kappa shape index (κ2) is 5.39. The molecule has 1 aliphatic heterocycles. The molecular weight excluding hydrogens is 232 g/mol. The van der Waals surface area contributed by atoms with Gasteiger partial charge in [0.1, 0.15) is 5.69 Å². The zero-order valence-corrected chi connectivity index (χ0v) is 10.9. The highest BCUT2D eigenvalue weighted by molar-refractivity contribution is 5.97. The van der Waals surface area contributed by atoms with Crippen LogP contribution >= 0.6 is 0 Å². The van der Waals surface area contributed by atoms with Crippen molar-refractivity contribution in [3.63, 3.8) is 0 Å². The molecule has 0 spiro atoms. The van der Waals surface area contributed by atoms with E-state index in [-0.39, 0.29) is 5.91 Å². The number of aromatic nitrogens is 2. The lowest BCUT2D eigenvalue weighted by Crippen LogP contribution is -2.34. The highest BCUT2D eigenvalue weighted by Crippen LogP contribution is 2.16. The number of ether oxygens (including phenoxy) is 1. The molecule has 1 saturated heterocycles. The largest absolute Gasteiger partial charge is 0.395 e. The lowest BCUT2D eigenvalue weighted by Gasteiger charge is -2.22. The Hall–Kier alpha value is -1.56. The zero-order valence-electron chi connectivity index (χ0n) is 10.9. The summed E-state index contributed by atoms with van der Waals surface area (Å²) >= 11 is 0. The fraction of sp³-hybridized carbons (Fsp3) is 0.667. The normalized spacial score (nSPS) is 19.8. The molecular formula is C12H20N4O2. The number of carbonyl (C=O) groups excluding carboxylic acids is 1. The van der Waals surface area contributed by atoms with E-state index in [4.69, 9.17) is 10.5 Å². The number of nitrogens with two attached hydrogens (primary N) is 1. The van der Waals surface area contributed by atoms with E-state index in [1.165, 1.54) is 4.68 Å². The molecule has 2 rings (SSSR count). The summed E-state index contributed by atoms with van der Waals surface area (Å²) in [5.74, 6) is 0.236. The summed E-state index contributed by atoms with van der Waals surface area (Å²) in [6.45, 7) is 3.97. The van der Waals surface area contributed by atoms with E-state index in [2.05, 4.69) is 10.4 Å². The number of nitrogen functional groups attached to an aromatic ring is 1. The highest BCUT2D eigenvalue weighted by atomic mass is 16.5. The maximum absolute atomic E-state index is 12.0. The van der Waals surface area contributed by atoms with Gasteiger partial charge in [0.2, 0.25) is 0 Å². The van der Waals surface area contributed by atoms with E-state index in [9.17, 15) is 4.79 Å². The van der Waals surface area contributed by atoms with Gasteiger partial charge in [0.05, 0.1) is 18.0 Å². The number of nitrogens with zero attached hydrogens (tertiary/aromatic N) is 2. The van der Waals surface area contributed by atoms with Crippen molar-refractivity contribution in [2.75, 3.05) is 25.5 Å². The number of carbonyl (C=O) groups is 1. The number of aryl methyl sites for hydroxylation is 2. The van der Waals surface area contributed by atoms with Gasteiger partial charge in [-0.25, -0.2) is 0 Å². The fourth-order valence-electron chi connectivity index (χ4n) is 2.23. The maximum Gasteiger partial charge on any atom is 0.271 e. The van der Waals surface area contributed by atoms with Crippen LogP contribution in [0.1, 0.15) is 29.0 Å². The number of amides is 1. The van der Waals surface area contributed by atoms with E-state index in [0.29, 0.717) is 29.5 Å². The second-order valence-corrected chi connectivity index (χ2v) is 4.76. The third-order valence-electron chi connectivity index (χ3n) is 3.29. The van der Waals surface area contributed by atoms with Crippen molar-refractivity contribution in [3.05, 3.63) is 11.4 Å². The van der Waals surface area contributed by atoms with Gasteiger partial charge in [-0.05, 0) is 25.7 Å². The topological polar surface area (TPSA) is 82.2 Å². The molecule has 0 radical (unpaired) electrons. The van der Waals surface area contributed by atoms with Crippen LogP contribution in [0.5, 0.6) is 0 Å². The molecule has 0 saturated carbocycles. The molecule has 2 heterocycles. The lowest BCUT2D eigenvalue weighted by atomic mass is 10.0. The first-order valence-electron chi connectivity index (χ1n) is 6.24. The van der Waals surface area contributed by atoms with E-state index in [1.54, 1.807) is 14.0 Å². The molecule has 3 N–H and O–H groups in total. The average Bonchev–Trinajstić information content (AvgIpc) is 2.62. The third-order valence-corrected chi connectivity index (χ3v) is 3.29. The Balaban J connectivity index is 1.95. The van der Waals surface area contributed by atoms with Crippen LogP contribution in [0.4, 0.5) is 5.69 Å². The number of rotatable bonds is 3. The van der Waals surface area contributed by atoms with Crippen molar-refractivity contribution >= 4 is 11.6 Å². The molecule has 100 valence electrons. The van der Waals surface area contributed by atoms with Gasteiger partial charge in [0.25, 0.3) is 5.91 Å². The molecule has 0 aromatic carbocycles. The van der Waals surface area contributed by atoms with Gasteiger partial charge in [0, 0.05) is 20.2 Å². The van der Waals surface area contributed by atoms with E-state index < -0.39 is 0 Å². The van der Waals surface area contributed by atoms with Gasteiger partial charge in [-0.3, -0.25) is 9.48 Å². The van der Waals surface area contributed by atoms with Crippen molar-refractivity contribution in [3.8, 4) is 0 Å². The SMILES string of the molecule is Cc1nn(C)c(C(=O)NCC2CCCOC2)c1N. The Morgan fingerprint density at radius 1 is 1.67 bits per heavy atom. The highest BCUT2D eigenvalue weighted by Gasteiger charge is 2.20. The summed E-state index contributed by atoms with van der Waals surface area (Å²) in [5.41, 5.74) is 7.42. The van der Waals surface area contributed by atoms with Crippen LogP contribution in [0.15, 0.2) is 0 Å². The van der Waals surface area contributed by atoms with Crippen LogP contribution in [-0.2, 0) is 11.8 Å². The van der Waals surface area contributed by atoms with Gasteiger partial charge in [-0.2, -0.15) is 5.10 Å². The summed E-state index contributed by atoms with van der Waals surface area (Å²) in [7, 11) is 1.72. The molecule has 0 bridgehead atoms. The molecule has 18 heavy (non-hydrogen) atoms. The Morgan fingerprint density at radius 2 is 2.44 bits per heavy atom. The van der Waals surface area contributed by atoms with E-state index in [1.807, 2.05) is 0 Å². The third kappa shape index (κ3) is 2.64. The molecule has 1 fully saturated rings. The van der Waals surface area contributed by atoms with Gasteiger partial charge < -0.3 is 15.8 Å². The second-order valence-electron chi connectivity index (χ2n) is 4.76. The van der Waals surface area contributed by atoms with Gasteiger partial charge >= 0.3 is 0 Å². The monoisotopic (exact) mass is 252 g/mol. The van der Waals surface area contributed by atoms with Crippen LogP contribution in [0.3, 0.4) is 0 Å². The van der Waals surface area contributed by atoms with Crippen molar-refractivity contribution in [2.45, 2.75) is 19.8 Å². The molecule has 1 amide bonds. The number of anilines is 1. The molecule has 1 atom stereocenters. The minimum atomic E-state index is -0.166. The van der Waals surface area contributed by atoms with Crippen LogP contribution < -0.4 is 11.1 Å². The molecule has 1 unspecified atom stereocenters. The van der Waals surface area contributed by atoms with Crippen molar-refractivity contribution in [1.29, 1.82) is 0 Å². The Morgan fingerprint density at radius 3 is 3.00 bits per heavy atom. The summed E-state index contributed by atoms with van der Waals surface area (Å²) in [6, 6.07) is 0. The first kappa shape index (κ1) is 12.9. The molecule has 6 nitrogen and oxygen atoms in total. The summed E-state index contributed by atoms with van der Waals surface area (Å²) in [6.07, 6.45) is 2.16. The molecule has 0 aliphatic carbocycles. The summed E-state index contributed by atoms with van der Waals surface area (Å²) in [5, 5.41) is 7.04. The fourth-order valence-corrected chi connectivity index (χ4v) is 2.23. The summed E-state index contributed by atoms with van der Waals surface area (Å²) in [4.78, 5) is 12.0. The van der Waals surface area contributed by atoms with Crippen LogP contribution in [-0.4, -0.2) is 35.4 Å². The molecule has 6 heteroatoms. The number of nitrogens with one attached hydrogen (secondary N) is 1. The number of hydrogen-bond donors (Lipinski definition) is 2. The first-order valence-corrected chi connectivity index (χ1v) is 6.24. The van der Waals surface area contributed by atoms with Crippen molar-refractivity contribution in [2.24, 2.45) is 13.0 Å². The van der Waals surface area contributed by atoms with Gasteiger partial charge in [-0.1, -0.05) is 0 Å². The minimum Gasteiger partial charge on any atom is -0.395 e. The van der Waals surface area contributed by atoms with Crippen molar-refractivity contribution < 1.29 is 9.53 Å². The summed E-state index contributed by atoms with van der Waals surface area (Å²) < 4.78 is 6.90. The van der Waals surface area contributed by atoms with Gasteiger partial charge in [0.15, 0.2) is 0 Å². The van der Waals surface area contributed by atoms with E-state index >= 15 is 0 Å². The zero-order chi connectivity index (χ0) is 13.1. The minimum absolute atomic E-state index is 0.166. The maximum atomic E-state index is 12.0. The smallest absolute Gasteiger partial charge is 0.271 e. The quantitative estimate of drug-likeness (QED) is 0.819. The van der Waals surface area contributed by atoms with Crippen LogP contribution in [0.2, 0.25) is 0 Å². The molecule has 1 aromatic rings. The number of hydrogen-bond acceptors (Lipinski definition) is 4. The van der Waals surface area contributed by atoms with Crippen LogP contribution in [0.25, 0.3) is 0 Å². The van der Waals surface area contributed by atoms with Crippen LogP contribution in [0, 0.1) is 12.8 Å². The predicted molar refractivity (Wildman–Crippen MR) is 68.2 cm³/mol. The Bertz CT molecular complexity index is 436. The predicted octanol–water partition coefficient (Wildman–Crippen LogP) is 0.467. The first-order chi connectivity index (χ1) is 8.59. The molecule has 1 aliphatic rings.